The van der Waals surface area contributed by atoms with Crippen LogP contribution in [0.2, 0.25) is 0 Å². The molecule has 1 aromatic heterocycles. The van der Waals surface area contributed by atoms with Crippen molar-refractivity contribution in [2.24, 2.45) is 5.14 Å². The SMILES string of the molecule is Cc1onc(-c2ccc(Br)c(Br)c2)c1-c1ccc(S(N)(=O)=O)c(F)c1. The van der Waals surface area contributed by atoms with Gasteiger partial charge in [-0.15, -0.1) is 0 Å². The van der Waals surface area contributed by atoms with E-state index in [0.29, 0.717) is 22.6 Å². The van der Waals surface area contributed by atoms with E-state index in [0.717, 1.165) is 26.6 Å². The molecule has 0 saturated heterocycles. The summed E-state index contributed by atoms with van der Waals surface area (Å²) in [5, 5.41) is 9.06. The highest BCUT2D eigenvalue weighted by molar-refractivity contribution is 9.13. The third kappa shape index (κ3) is 3.55. The third-order valence-electron chi connectivity index (χ3n) is 3.58. The van der Waals surface area contributed by atoms with Gasteiger partial charge in [-0.25, -0.2) is 17.9 Å². The quantitative estimate of drug-likeness (QED) is 0.581. The van der Waals surface area contributed by atoms with Crippen molar-refractivity contribution >= 4 is 41.9 Å². The zero-order chi connectivity index (χ0) is 18.4. The number of rotatable bonds is 3. The molecule has 3 rings (SSSR count). The van der Waals surface area contributed by atoms with Crippen LogP contribution < -0.4 is 5.14 Å². The molecule has 25 heavy (non-hydrogen) atoms. The summed E-state index contributed by atoms with van der Waals surface area (Å²) in [4.78, 5) is -0.557. The zero-order valence-electron chi connectivity index (χ0n) is 12.8. The number of hydrogen-bond donors (Lipinski definition) is 1. The Morgan fingerprint density at radius 3 is 2.36 bits per heavy atom. The number of nitrogens with two attached hydrogens (primary N) is 1. The van der Waals surface area contributed by atoms with Gasteiger partial charge in [0.05, 0.1) is 5.56 Å². The lowest BCUT2D eigenvalue weighted by molar-refractivity contribution is 0.400. The summed E-state index contributed by atoms with van der Waals surface area (Å²) in [5.74, 6) is -0.444. The minimum Gasteiger partial charge on any atom is -0.360 e. The fourth-order valence-corrected chi connectivity index (χ4v) is 3.65. The Labute approximate surface area is 160 Å². The van der Waals surface area contributed by atoms with Gasteiger partial charge in [0.1, 0.15) is 22.2 Å². The lowest BCUT2D eigenvalue weighted by Gasteiger charge is -2.07. The van der Waals surface area contributed by atoms with Gasteiger partial charge in [-0.3, -0.25) is 0 Å². The summed E-state index contributed by atoms with van der Waals surface area (Å²) in [5.41, 5.74) is 2.30. The minimum atomic E-state index is -4.13. The molecular weight excluding hydrogens is 479 g/mol. The molecule has 130 valence electrons. The predicted octanol–water partition coefficient (Wildman–Crippen LogP) is 4.63. The van der Waals surface area contributed by atoms with E-state index >= 15 is 0 Å². The highest BCUT2D eigenvalue weighted by atomic mass is 79.9. The number of aryl methyl sites for hydroxylation is 1. The second-order valence-electron chi connectivity index (χ2n) is 5.28. The van der Waals surface area contributed by atoms with Gasteiger partial charge in [0.25, 0.3) is 0 Å². The first kappa shape index (κ1) is 18.2. The fraction of sp³-hybridized carbons (Fsp3) is 0.0625. The monoisotopic (exact) mass is 488 g/mol. The van der Waals surface area contributed by atoms with Gasteiger partial charge in [0, 0.05) is 14.5 Å². The molecule has 0 fully saturated rings. The lowest BCUT2D eigenvalue weighted by atomic mass is 9.99. The molecule has 9 heteroatoms. The Balaban J connectivity index is 2.17. The van der Waals surface area contributed by atoms with Crippen LogP contribution >= 0.6 is 31.9 Å². The zero-order valence-corrected chi connectivity index (χ0v) is 16.7. The number of hydrogen-bond acceptors (Lipinski definition) is 4. The second-order valence-corrected chi connectivity index (χ2v) is 8.52. The average Bonchev–Trinajstić information content (AvgIpc) is 2.90. The molecule has 0 radical (unpaired) electrons. The van der Waals surface area contributed by atoms with Crippen LogP contribution in [0.5, 0.6) is 0 Å². The maximum absolute atomic E-state index is 14.2. The van der Waals surface area contributed by atoms with Crippen LogP contribution in [-0.4, -0.2) is 13.6 Å². The van der Waals surface area contributed by atoms with Crippen molar-refractivity contribution in [2.75, 3.05) is 0 Å². The summed E-state index contributed by atoms with van der Waals surface area (Å²) in [7, 11) is -4.13. The normalized spacial score (nSPS) is 11.7. The van der Waals surface area contributed by atoms with Gasteiger partial charge < -0.3 is 4.52 Å². The molecule has 0 aliphatic carbocycles. The molecule has 1 heterocycles. The largest absolute Gasteiger partial charge is 0.360 e. The Morgan fingerprint density at radius 2 is 1.76 bits per heavy atom. The van der Waals surface area contributed by atoms with Gasteiger partial charge in [-0.1, -0.05) is 17.3 Å². The van der Waals surface area contributed by atoms with E-state index in [9.17, 15) is 12.8 Å². The van der Waals surface area contributed by atoms with Crippen LogP contribution in [0.4, 0.5) is 4.39 Å². The summed E-state index contributed by atoms with van der Waals surface area (Å²) in [6, 6.07) is 9.24. The van der Waals surface area contributed by atoms with Gasteiger partial charge >= 0.3 is 0 Å². The molecule has 0 saturated carbocycles. The standard InChI is InChI=1S/C16H11Br2FN2O3S/c1-8-15(9-3-5-14(13(19)7-9)25(20,22)23)16(21-24-8)10-2-4-11(17)12(18)6-10/h2-7H,1H3,(H2,20,22,23). The highest BCUT2D eigenvalue weighted by Gasteiger charge is 2.20. The number of nitrogens with zero attached hydrogens (tertiary/aromatic N) is 1. The fourth-order valence-electron chi connectivity index (χ4n) is 2.44. The number of aromatic nitrogens is 1. The minimum absolute atomic E-state index is 0.442. The second kappa shape index (κ2) is 6.64. The van der Waals surface area contributed by atoms with E-state index in [4.69, 9.17) is 9.66 Å². The molecule has 0 bridgehead atoms. The van der Waals surface area contributed by atoms with Crippen molar-refractivity contribution in [1.82, 2.24) is 5.16 Å². The first-order chi connectivity index (χ1) is 11.7. The molecule has 0 unspecified atom stereocenters. The smallest absolute Gasteiger partial charge is 0.240 e. The molecule has 0 spiro atoms. The summed E-state index contributed by atoms with van der Waals surface area (Å²) < 4.78 is 43.9. The highest BCUT2D eigenvalue weighted by Crippen LogP contribution is 2.37. The molecule has 0 aliphatic heterocycles. The number of primary sulfonamides is 1. The van der Waals surface area contributed by atoms with Crippen molar-refractivity contribution in [2.45, 2.75) is 11.8 Å². The Morgan fingerprint density at radius 1 is 1.08 bits per heavy atom. The van der Waals surface area contributed by atoms with Gasteiger partial charge in [0.2, 0.25) is 10.0 Å². The third-order valence-corrected chi connectivity index (χ3v) is 6.41. The van der Waals surface area contributed by atoms with Crippen LogP contribution in [0.3, 0.4) is 0 Å². The van der Waals surface area contributed by atoms with Crippen molar-refractivity contribution in [1.29, 1.82) is 0 Å². The Kier molecular flexibility index (Phi) is 4.84. The van der Waals surface area contributed by atoms with Gasteiger partial charge in [-0.05, 0) is 68.6 Å². The number of halogens is 3. The summed E-state index contributed by atoms with van der Waals surface area (Å²) >= 11 is 6.83. The Bertz CT molecular complexity index is 1080. The van der Waals surface area contributed by atoms with E-state index < -0.39 is 20.7 Å². The number of benzene rings is 2. The first-order valence-electron chi connectivity index (χ1n) is 6.93. The maximum Gasteiger partial charge on any atom is 0.240 e. The van der Waals surface area contributed by atoms with Crippen LogP contribution in [-0.2, 0) is 10.0 Å². The average molecular weight is 490 g/mol. The molecule has 5 nitrogen and oxygen atoms in total. The molecule has 3 aromatic rings. The van der Waals surface area contributed by atoms with Crippen molar-refractivity contribution in [3.8, 4) is 22.4 Å². The summed E-state index contributed by atoms with van der Waals surface area (Å²) in [6.07, 6.45) is 0. The molecule has 2 aromatic carbocycles. The molecule has 0 atom stereocenters. The maximum atomic E-state index is 14.2. The van der Waals surface area contributed by atoms with Gasteiger partial charge in [0.15, 0.2) is 0 Å². The van der Waals surface area contributed by atoms with E-state index in [2.05, 4.69) is 37.0 Å². The van der Waals surface area contributed by atoms with Crippen LogP contribution in [0, 0.1) is 12.7 Å². The molecular formula is C16H11Br2FN2O3S. The molecule has 0 aliphatic rings. The van der Waals surface area contributed by atoms with E-state index in [1.807, 2.05) is 18.2 Å². The molecule has 2 N–H and O–H groups in total. The lowest BCUT2D eigenvalue weighted by Crippen LogP contribution is -2.13. The van der Waals surface area contributed by atoms with Crippen LogP contribution in [0.25, 0.3) is 22.4 Å². The number of sulfonamides is 1. The van der Waals surface area contributed by atoms with E-state index in [1.165, 1.54) is 6.07 Å². The predicted molar refractivity (Wildman–Crippen MR) is 98.8 cm³/mol. The first-order valence-corrected chi connectivity index (χ1v) is 10.1. The van der Waals surface area contributed by atoms with Gasteiger partial charge in [-0.2, -0.15) is 0 Å². The summed E-state index contributed by atoms with van der Waals surface area (Å²) in [6.45, 7) is 1.70. The van der Waals surface area contributed by atoms with E-state index in [-0.39, 0.29) is 0 Å². The van der Waals surface area contributed by atoms with Crippen molar-refractivity contribution < 1.29 is 17.3 Å². The topological polar surface area (TPSA) is 86.2 Å². The Hall–Kier alpha value is -1.55. The van der Waals surface area contributed by atoms with Crippen LogP contribution in [0.1, 0.15) is 5.76 Å². The van der Waals surface area contributed by atoms with Crippen LogP contribution in [0.15, 0.2) is 54.8 Å². The van der Waals surface area contributed by atoms with Crippen molar-refractivity contribution in [3.63, 3.8) is 0 Å². The van der Waals surface area contributed by atoms with Crippen molar-refractivity contribution in [3.05, 3.63) is 56.9 Å². The van der Waals surface area contributed by atoms with E-state index in [1.54, 1.807) is 6.92 Å². The molecule has 0 amide bonds.